The first kappa shape index (κ1) is 18.5. The molecular formula is C18H25ClN2O. The number of aliphatic hydroxyl groups excluding tert-OH is 1. The first-order valence-electron chi connectivity index (χ1n) is 7.46. The van der Waals surface area contributed by atoms with Gasteiger partial charge in [-0.25, -0.2) is 4.98 Å². The van der Waals surface area contributed by atoms with Crippen LogP contribution in [0, 0.1) is 0 Å². The number of nitrogens with zero attached hydrogens (tertiary/aromatic N) is 2. The highest BCUT2D eigenvalue weighted by Crippen LogP contribution is 2.17. The average Bonchev–Trinajstić information content (AvgIpc) is 2.82. The molecular weight excluding hydrogens is 296 g/mol. The van der Waals surface area contributed by atoms with Crippen LogP contribution in [0.25, 0.3) is 11.0 Å². The molecule has 0 saturated heterocycles. The minimum Gasteiger partial charge on any atom is -0.388 e. The molecule has 0 spiro atoms. The van der Waals surface area contributed by atoms with Gasteiger partial charge in [0.25, 0.3) is 0 Å². The molecule has 1 aromatic heterocycles. The number of aliphatic hydroxyl groups is 1. The smallest absolute Gasteiger partial charge is 0.135 e. The molecule has 0 aliphatic rings. The molecule has 0 aliphatic carbocycles. The van der Waals surface area contributed by atoms with Gasteiger partial charge >= 0.3 is 0 Å². The lowest BCUT2D eigenvalue weighted by Crippen LogP contribution is -2.02. The van der Waals surface area contributed by atoms with Crippen LogP contribution in [0.2, 0.25) is 0 Å². The second-order valence-electron chi connectivity index (χ2n) is 5.66. The maximum absolute atomic E-state index is 9.48. The van der Waals surface area contributed by atoms with Gasteiger partial charge in [-0.05, 0) is 45.7 Å². The predicted molar refractivity (Wildman–Crippen MR) is 95.3 cm³/mol. The lowest BCUT2D eigenvalue weighted by atomic mass is 10.1. The molecule has 4 heteroatoms. The number of rotatable bonds is 6. The summed E-state index contributed by atoms with van der Waals surface area (Å²) in [7, 11) is 0. The molecule has 0 fully saturated rings. The topological polar surface area (TPSA) is 38.0 Å². The Labute approximate surface area is 138 Å². The van der Waals surface area contributed by atoms with Crippen LogP contribution in [0.3, 0.4) is 0 Å². The average molecular weight is 321 g/mol. The highest BCUT2D eigenvalue weighted by atomic mass is 35.5. The Morgan fingerprint density at radius 3 is 2.59 bits per heavy atom. The van der Waals surface area contributed by atoms with E-state index >= 15 is 0 Å². The second-order valence-corrected chi connectivity index (χ2v) is 5.66. The molecule has 3 nitrogen and oxygen atoms in total. The lowest BCUT2D eigenvalue weighted by Gasteiger charge is -2.06. The number of hydrogen-bond acceptors (Lipinski definition) is 2. The van der Waals surface area contributed by atoms with Crippen LogP contribution in [-0.4, -0.2) is 14.7 Å². The van der Waals surface area contributed by atoms with Gasteiger partial charge in [-0.3, -0.25) is 0 Å². The molecule has 22 heavy (non-hydrogen) atoms. The Hall–Kier alpha value is -1.58. The summed E-state index contributed by atoms with van der Waals surface area (Å²) in [5.74, 6) is 0.726. The molecule has 0 bridgehead atoms. The third kappa shape index (κ3) is 4.72. The van der Waals surface area contributed by atoms with Crippen LogP contribution in [-0.2, 0) is 13.2 Å². The van der Waals surface area contributed by atoms with E-state index in [2.05, 4.69) is 42.5 Å². The largest absolute Gasteiger partial charge is 0.388 e. The fourth-order valence-electron chi connectivity index (χ4n) is 2.39. The van der Waals surface area contributed by atoms with E-state index in [1.807, 2.05) is 24.3 Å². The molecule has 0 unspecified atom stereocenters. The Kier molecular flexibility index (Phi) is 7.36. The number of allylic oxidation sites excluding steroid dienone is 4. The Morgan fingerprint density at radius 2 is 1.91 bits per heavy atom. The van der Waals surface area contributed by atoms with Crippen LogP contribution >= 0.6 is 12.4 Å². The lowest BCUT2D eigenvalue weighted by molar-refractivity contribution is 0.267. The van der Waals surface area contributed by atoms with Gasteiger partial charge in [0.2, 0.25) is 0 Å². The maximum atomic E-state index is 9.48. The van der Waals surface area contributed by atoms with E-state index in [1.54, 1.807) is 0 Å². The summed E-state index contributed by atoms with van der Waals surface area (Å²) in [6.45, 7) is 7.15. The number of benzene rings is 1. The van der Waals surface area contributed by atoms with E-state index in [1.165, 1.54) is 11.1 Å². The van der Waals surface area contributed by atoms with Crippen LogP contribution in [0.4, 0.5) is 0 Å². The van der Waals surface area contributed by atoms with E-state index in [4.69, 9.17) is 0 Å². The molecule has 0 saturated carbocycles. The highest BCUT2D eigenvalue weighted by Gasteiger charge is 2.07. The molecule has 1 aromatic carbocycles. The predicted octanol–water partition coefficient (Wildman–Crippen LogP) is 4.64. The summed E-state index contributed by atoms with van der Waals surface area (Å²) in [6, 6.07) is 8.01. The zero-order valence-corrected chi connectivity index (χ0v) is 14.4. The van der Waals surface area contributed by atoms with Gasteiger partial charge in [0.05, 0.1) is 11.0 Å². The minimum atomic E-state index is -0.0284. The summed E-state index contributed by atoms with van der Waals surface area (Å²) in [4.78, 5) is 4.47. The molecule has 0 aliphatic heterocycles. The van der Waals surface area contributed by atoms with Crippen molar-refractivity contribution in [3.63, 3.8) is 0 Å². The minimum absolute atomic E-state index is 0. The van der Waals surface area contributed by atoms with Crippen molar-refractivity contribution in [1.29, 1.82) is 0 Å². The quantitative estimate of drug-likeness (QED) is 0.787. The van der Waals surface area contributed by atoms with E-state index < -0.39 is 0 Å². The van der Waals surface area contributed by atoms with Crippen molar-refractivity contribution in [2.45, 2.75) is 46.8 Å². The standard InChI is InChI=1S/C18H24N2O.ClH/c1-14(2)7-6-8-15(3)11-12-20-17-10-5-4-9-16(17)19-18(20)13-21;/h4-5,7,9-11,21H,6,8,12-13H2,1-3H3;1H/b15-11+;. The molecule has 1 heterocycles. The molecule has 0 atom stereocenters. The maximum Gasteiger partial charge on any atom is 0.135 e. The molecule has 0 radical (unpaired) electrons. The fourth-order valence-corrected chi connectivity index (χ4v) is 2.39. The van der Waals surface area contributed by atoms with Crippen molar-refractivity contribution >= 4 is 23.4 Å². The monoisotopic (exact) mass is 320 g/mol. The van der Waals surface area contributed by atoms with Gasteiger partial charge < -0.3 is 9.67 Å². The second kappa shape index (κ2) is 8.76. The van der Waals surface area contributed by atoms with Gasteiger partial charge in [-0.2, -0.15) is 0 Å². The Morgan fingerprint density at radius 1 is 1.18 bits per heavy atom. The normalized spacial score (nSPS) is 11.4. The number of hydrogen-bond donors (Lipinski definition) is 1. The highest BCUT2D eigenvalue weighted by molar-refractivity contribution is 5.85. The van der Waals surface area contributed by atoms with Crippen LogP contribution in [0.5, 0.6) is 0 Å². The summed E-state index contributed by atoms with van der Waals surface area (Å²) < 4.78 is 2.08. The van der Waals surface area contributed by atoms with Crippen molar-refractivity contribution in [2.24, 2.45) is 0 Å². The van der Waals surface area contributed by atoms with Crippen LogP contribution in [0.15, 0.2) is 47.6 Å². The summed E-state index contributed by atoms with van der Waals surface area (Å²) in [5.41, 5.74) is 4.76. The van der Waals surface area contributed by atoms with E-state index in [0.29, 0.717) is 0 Å². The number of imidazole rings is 1. The van der Waals surface area contributed by atoms with Crippen LogP contribution < -0.4 is 0 Å². The third-order valence-corrected chi connectivity index (χ3v) is 3.59. The number of para-hydroxylation sites is 2. The number of fused-ring (bicyclic) bond motifs is 1. The van der Waals surface area contributed by atoms with Crippen molar-refractivity contribution in [1.82, 2.24) is 9.55 Å². The molecule has 1 N–H and O–H groups in total. The molecule has 2 aromatic rings. The zero-order valence-electron chi connectivity index (χ0n) is 13.5. The van der Waals surface area contributed by atoms with Gasteiger partial charge in [0.1, 0.15) is 12.4 Å². The molecule has 2 rings (SSSR count). The zero-order chi connectivity index (χ0) is 15.2. The fraction of sp³-hybridized carbons (Fsp3) is 0.389. The van der Waals surface area contributed by atoms with E-state index in [0.717, 1.165) is 36.2 Å². The Bertz CT molecular complexity index is 667. The van der Waals surface area contributed by atoms with Crippen molar-refractivity contribution in [3.8, 4) is 0 Å². The third-order valence-electron chi connectivity index (χ3n) is 3.59. The molecule has 0 amide bonds. The Balaban J connectivity index is 0.00000242. The van der Waals surface area contributed by atoms with Gasteiger partial charge in [0.15, 0.2) is 0 Å². The van der Waals surface area contributed by atoms with Gasteiger partial charge in [-0.15, -0.1) is 12.4 Å². The summed E-state index contributed by atoms with van der Waals surface area (Å²) in [5, 5.41) is 9.48. The number of halogens is 1. The van der Waals surface area contributed by atoms with Gasteiger partial charge in [0, 0.05) is 6.54 Å². The first-order valence-corrected chi connectivity index (χ1v) is 7.46. The van der Waals surface area contributed by atoms with Crippen molar-refractivity contribution < 1.29 is 5.11 Å². The van der Waals surface area contributed by atoms with E-state index in [9.17, 15) is 5.11 Å². The SMILES string of the molecule is CC(C)=CCC/C(C)=C/Cn1c(CO)nc2ccccc21.Cl. The van der Waals surface area contributed by atoms with E-state index in [-0.39, 0.29) is 19.0 Å². The number of aromatic nitrogens is 2. The van der Waals surface area contributed by atoms with Crippen molar-refractivity contribution in [2.75, 3.05) is 0 Å². The van der Waals surface area contributed by atoms with Gasteiger partial charge in [-0.1, -0.05) is 35.4 Å². The first-order chi connectivity index (χ1) is 10.1. The summed E-state index contributed by atoms with van der Waals surface area (Å²) in [6.07, 6.45) is 6.66. The van der Waals surface area contributed by atoms with Crippen molar-refractivity contribution in [3.05, 3.63) is 53.4 Å². The molecule has 120 valence electrons. The van der Waals surface area contributed by atoms with Crippen LogP contribution in [0.1, 0.15) is 39.4 Å². The summed E-state index contributed by atoms with van der Waals surface area (Å²) >= 11 is 0.